The van der Waals surface area contributed by atoms with Gasteiger partial charge in [-0.3, -0.25) is 4.98 Å². The number of guanidine groups is 1. The van der Waals surface area contributed by atoms with Crippen LogP contribution in [0.3, 0.4) is 0 Å². The number of hydrogen-bond acceptors (Lipinski definition) is 5. The average Bonchev–Trinajstić information content (AvgIpc) is 3.22. The van der Waals surface area contributed by atoms with Crippen LogP contribution >= 0.6 is 24.0 Å². The van der Waals surface area contributed by atoms with Crippen molar-refractivity contribution >= 4 is 29.9 Å². The van der Waals surface area contributed by atoms with Gasteiger partial charge in [-0.1, -0.05) is 26.8 Å². The second-order valence-electron chi connectivity index (χ2n) is 7.97. The Labute approximate surface area is 204 Å². The van der Waals surface area contributed by atoms with E-state index >= 15 is 0 Å². The molecule has 0 fully saturated rings. The molecule has 2 aromatic heterocycles. The van der Waals surface area contributed by atoms with Gasteiger partial charge in [0.2, 0.25) is 5.89 Å². The second kappa shape index (κ2) is 11.8. The Morgan fingerprint density at radius 2 is 2.00 bits per heavy atom. The number of aliphatic imine (C=N–C) groups is 1. The number of rotatable bonds is 7. The van der Waals surface area contributed by atoms with Crippen molar-refractivity contribution in [3.8, 4) is 11.5 Å². The van der Waals surface area contributed by atoms with Gasteiger partial charge >= 0.3 is 0 Å². The van der Waals surface area contributed by atoms with Crippen molar-refractivity contribution in [2.45, 2.75) is 46.2 Å². The molecule has 3 rings (SSSR count). The molecule has 0 atom stereocenters. The van der Waals surface area contributed by atoms with Gasteiger partial charge < -0.3 is 19.8 Å². The quantitative estimate of drug-likeness (QED) is 0.239. The van der Waals surface area contributed by atoms with Gasteiger partial charge in [0.25, 0.3) is 0 Å². The van der Waals surface area contributed by atoms with Gasteiger partial charge in [0.15, 0.2) is 17.5 Å². The fourth-order valence-electron chi connectivity index (χ4n) is 2.67. The van der Waals surface area contributed by atoms with E-state index in [-0.39, 0.29) is 35.1 Å². The summed E-state index contributed by atoms with van der Waals surface area (Å²) >= 11 is 0. The Balaban J connectivity index is 0.00000363. The lowest BCUT2D eigenvalue weighted by Crippen LogP contribution is -2.36. The molecule has 2 N–H and O–H groups in total. The zero-order valence-corrected chi connectivity index (χ0v) is 21.0. The highest BCUT2D eigenvalue weighted by atomic mass is 127. The van der Waals surface area contributed by atoms with E-state index in [1.54, 1.807) is 36.7 Å². The van der Waals surface area contributed by atoms with E-state index in [0.29, 0.717) is 37.2 Å². The molecular formula is C23H29FIN5O2. The second-order valence-corrected chi connectivity index (χ2v) is 7.97. The van der Waals surface area contributed by atoms with Crippen molar-refractivity contribution in [2.75, 3.05) is 6.54 Å². The molecule has 1 aromatic carbocycles. The third kappa shape index (κ3) is 7.47. The molecule has 0 aliphatic rings. The van der Waals surface area contributed by atoms with E-state index in [1.165, 1.54) is 12.3 Å². The van der Waals surface area contributed by atoms with Crippen LogP contribution in [0.15, 0.2) is 58.3 Å². The largest absolute Gasteiger partial charge is 0.453 e. The van der Waals surface area contributed by atoms with Gasteiger partial charge in [-0.05, 0) is 36.8 Å². The van der Waals surface area contributed by atoms with E-state index in [0.717, 1.165) is 11.3 Å². The first-order valence-corrected chi connectivity index (χ1v) is 10.2. The van der Waals surface area contributed by atoms with Crippen LogP contribution in [0.4, 0.5) is 4.39 Å². The van der Waals surface area contributed by atoms with E-state index in [1.807, 2.05) is 6.92 Å². The van der Waals surface area contributed by atoms with Crippen LogP contribution in [0.2, 0.25) is 0 Å². The monoisotopic (exact) mass is 553 g/mol. The lowest BCUT2D eigenvalue weighted by molar-refractivity contribution is 0.379. The Morgan fingerprint density at radius 3 is 2.62 bits per heavy atom. The van der Waals surface area contributed by atoms with Gasteiger partial charge in [0, 0.05) is 18.2 Å². The molecule has 0 spiro atoms. The minimum Gasteiger partial charge on any atom is -0.453 e. The minimum absolute atomic E-state index is 0. The van der Waals surface area contributed by atoms with E-state index in [4.69, 9.17) is 9.15 Å². The van der Waals surface area contributed by atoms with E-state index < -0.39 is 5.82 Å². The Morgan fingerprint density at radius 1 is 1.19 bits per heavy atom. The first-order valence-electron chi connectivity index (χ1n) is 10.2. The van der Waals surface area contributed by atoms with Crippen LogP contribution < -0.4 is 15.4 Å². The van der Waals surface area contributed by atoms with Crippen molar-refractivity contribution in [3.63, 3.8) is 0 Å². The average molecular weight is 553 g/mol. The summed E-state index contributed by atoms with van der Waals surface area (Å²) in [5, 5.41) is 6.35. The summed E-state index contributed by atoms with van der Waals surface area (Å²) in [6, 6.07) is 8.24. The van der Waals surface area contributed by atoms with Crippen molar-refractivity contribution in [2.24, 2.45) is 4.99 Å². The highest BCUT2D eigenvalue weighted by Gasteiger charge is 2.19. The predicted octanol–water partition coefficient (Wildman–Crippen LogP) is 5.17. The van der Waals surface area contributed by atoms with Crippen molar-refractivity contribution in [1.82, 2.24) is 20.6 Å². The normalized spacial score (nSPS) is 11.6. The number of benzene rings is 1. The van der Waals surface area contributed by atoms with Crippen LogP contribution in [-0.2, 0) is 18.5 Å². The number of ether oxygens (including phenoxy) is 1. The Kier molecular flexibility index (Phi) is 9.42. The number of aromatic nitrogens is 2. The van der Waals surface area contributed by atoms with Crippen LogP contribution in [-0.4, -0.2) is 22.5 Å². The molecule has 0 aliphatic carbocycles. The van der Waals surface area contributed by atoms with Gasteiger partial charge in [-0.25, -0.2) is 14.4 Å². The summed E-state index contributed by atoms with van der Waals surface area (Å²) < 4.78 is 25.7. The first-order chi connectivity index (χ1) is 14.8. The number of pyridine rings is 1. The standard InChI is InChI=1S/C23H28FN5O2.HI/c1-5-26-22(29-15-21-27-14-20(31-21)23(2,3)4)28-12-16-8-9-19(18(24)11-16)30-17-7-6-10-25-13-17;/h6-11,13-14H,5,12,15H2,1-4H3,(H2,26,28,29);1H. The smallest absolute Gasteiger partial charge is 0.213 e. The molecule has 3 aromatic rings. The van der Waals surface area contributed by atoms with Gasteiger partial charge in [0.1, 0.15) is 11.5 Å². The molecule has 7 nitrogen and oxygen atoms in total. The number of nitrogens with one attached hydrogen (secondary N) is 2. The molecule has 9 heteroatoms. The molecule has 0 saturated carbocycles. The van der Waals surface area contributed by atoms with E-state index in [2.05, 4.69) is 46.4 Å². The van der Waals surface area contributed by atoms with Crippen LogP contribution in [0, 0.1) is 5.82 Å². The summed E-state index contributed by atoms with van der Waals surface area (Å²) in [7, 11) is 0. The fourth-order valence-corrected chi connectivity index (χ4v) is 2.67. The van der Waals surface area contributed by atoms with Crippen molar-refractivity contribution in [3.05, 3.63) is 72.0 Å². The molecule has 0 saturated heterocycles. The summed E-state index contributed by atoms with van der Waals surface area (Å²) in [5.41, 5.74) is 0.625. The summed E-state index contributed by atoms with van der Waals surface area (Å²) in [5.74, 6) is 2.17. The number of nitrogens with zero attached hydrogens (tertiary/aromatic N) is 3. The number of oxazole rings is 1. The Hall–Kier alpha value is -2.69. The molecule has 2 heterocycles. The lowest BCUT2D eigenvalue weighted by Gasteiger charge is -2.13. The van der Waals surface area contributed by atoms with Crippen LogP contribution in [0.5, 0.6) is 11.5 Å². The molecule has 172 valence electrons. The third-order valence-electron chi connectivity index (χ3n) is 4.32. The molecule has 32 heavy (non-hydrogen) atoms. The van der Waals surface area contributed by atoms with Crippen LogP contribution in [0.1, 0.15) is 44.9 Å². The Bertz CT molecular complexity index is 1020. The molecule has 0 bridgehead atoms. The topological polar surface area (TPSA) is 84.6 Å². The predicted molar refractivity (Wildman–Crippen MR) is 133 cm³/mol. The highest BCUT2D eigenvalue weighted by Crippen LogP contribution is 2.25. The van der Waals surface area contributed by atoms with Crippen molar-refractivity contribution < 1.29 is 13.5 Å². The summed E-state index contributed by atoms with van der Waals surface area (Å²) in [6.07, 6.45) is 4.91. The zero-order chi connectivity index (χ0) is 22.3. The maximum Gasteiger partial charge on any atom is 0.213 e. The van der Waals surface area contributed by atoms with Crippen molar-refractivity contribution in [1.29, 1.82) is 0 Å². The SMILES string of the molecule is CCNC(=NCc1ccc(Oc2cccnc2)c(F)c1)NCc1ncc(C(C)(C)C)o1.I. The summed E-state index contributed by atoms with van der Waals surface area (Å²) in [6.45, 7) is 9.58. The lowest BCUT2D eigenvalue weighted by atomic mass is 9.94. The van der Waals surface area contributed by atoms with Gasteiger partial charge in [-0.2, -0.15) is 0 Å². The first kappa shape index (κ1) is 25.6. The number of halogens is 2. The highest BCUT2D eigenvalue weighted by molar-refractivity contribution is 14.0. The van der Waals surface area contributed by atoms with Crippen LogP contribution in [0.25, 0.3) is 0 Å². The summed E-state index contributed by atoms with van der Waals surface area (Å²) in [4.78, 5) is 12.8. The van der Waals surface area contributed by atoms with Gasteiger partial charge in [0.05, 0.1) is 25.5 Å². The number of hydrogen-bond donors (Lipinski definition) is 2. The molecular weight excluding hydrogens is 524 g/mol. The molecule has 0 aliphatic heterocycles. The van der Waals surface area contributed by atoms with E-state index in [9.17, 15) is 4.39 Å². The zero-order valence-electron chi connectivity index (χ0n) is 18.7. The molecule has 0 amide bonds. The molecule has 0 unspecified atom stereocenters. The fraction of sp³-hybridized carbons (Fsp3) is 0.348. The maximum absolute atomic E-state index is 14.4. The third-order valence-corrected chi connectivity index (χ3v) is 4.32. The minimum atomic E-state index is -0.455. The molecule has 0 radical (unpaired) electrons. The van der Waals surface area contributed by atoms with Gasteiger partial charge in [-0.15, -0.1) is 24.0 Å². The maximum atomic E-state index is 14.4.